The molecule has 0 saturated heterocycles. The number of carbonyl (C=O) groups is 2. The average molecular weight is 629 g/mol. The first-order valence-electron chi connectivity index (χ1n) is 14.9. The summed E-state index contributed by atoms with van der Waals surface area (Å²) >= 11 is 23.6. The molecule has 39 heavy (non-hydrogen) atoms. The van der Waals surface area contributed by atoms with Crippen LogP contribution < -0.4 is 0 Å². The Hall–Kier alpha value is -0.300. The van der Waals surface area contributed by atoms with Crippen molar-refractivity contribution in [2.24, 2.45) is 34.5 Å². The molecule has 10 heteroatoms. The van der Waals surface area contributed by atoms with E-state index >= 15 is 0 Å². The Balaban J connectivity index is 1.38. The van der Waals surface area contributed by atoms with E-state index in [1.54, 1.807) is 9.80 Å². The van der Waals surface area contributed by atoms with Gasteiger partial charge in [0.15, 0.2) is 0 Å². The number of ether oxygens (including phenoxy) is 2. The number of alkyl halides is 4. The van der Waals surface area contributed by atoms with Crippen molar-refractivity contribution in [3.05, 3.63) is 0 Å². The Kier molecular flexibility index (Phi) is 11.2. The predicted octanol–water partition coefficient (Wildman–Crippen LogP) is 7.60. The largest absolute Gasteiger partial charge is 0.446 e. The van der Waals surface area contributed by atoms with E-state index < -0.39 is 0 Å². The molecule has 8 atom stereocenters. The van der Waals surface area contributed by atoms with Gasteiger partial charge in [0.05, 0.1) is 0 Å². The van der Waals surface area contributed by atoms with Crippen LogP contribution in [-0.4, -0.2) is 83.9 Å². The molecule has 0 heterocycles. The van der Waals surface area contributed by atoms with Crippen molar-refractivity contribution in [3.8, 4) is 0 Å². The molecule has 4 saturated carbocycles. The van der Waals surface area contributed by atoms with E-state index in [9.17, 15) is 9.59 Å². The molecular weight excluding hydrogens is 582 g/mol. The summed E-state index contributed by atoms with van der Waals surface area (Å²) in [5.74, 6) is 3.99. The van der Waals surface area contributed by atoms with Crippen molar-refractivity contribution >= 4 is 58.6 Å². The summed E-state index contributed by atoms with van der Waals surface area (Å²) in [7, 11) is 0. The van der Waals surface area contributed by atoms with Gasteiger partial charge in [0.2, 0.25) is 0 Å². The zero-order valence-electron chi connectivity index (χ0n) is 23.5. The third-order valence-electron chi connectivity index (χ3n) is 11.0. The molecule has 6 nitrogen and oxygen atoms in total. The van der Waals surface area contributed by atoms with Crippen molar-refractivity contribution in [1.82, 2.24) is 9.80 Å². The minimum absolute atomic E-state index is 0.0225. The SMILES string of the molecule is C[C@]12CC[C@@H](OC(=O)N(CCCl)CCCl)C[C@H]1CC[C@@H]1[C@@H]2CC[C@]2(C)[C@@H](OC(=O)N(CCCl)CCCl)CC[C@@H]12. The summed E-state index contributed by atoms with van der Waals surface area (Å²) in [6.45, 7) is 6.70. The van der Waals surface area contributed by atoms with Gasteiger partial charge in [-0.25, -0.2) is 9.59 Å². The van der Waals surface area contributed by atoms with Crippen molar-refractivity contribution in [2.45, 2.75) is 83.8 Å². The topological polar surface area (TPSA) is 59.1 Å². The fraction of sp³-hybridized carbons (Fsp3) is 0.931. The fourth-order valence-electron chi connectivity index (χ4n) is 8.88. The van der Waals surface area contributed by atoms with Gasteiger partial charge in [-0.1, -0.05) is 13.8 Å². The van der Waals surface area contributed by atoms with Crippen molar-refractivity contribution in [3.63, 3.8) is 0 Å². The maximum Gasteiger partial charge on any atom is 0.410 e. The van der Waals surface area contributed by atoms with E-state index in [4.69, 9.17) is 55.9 Å². The Bertz CT molecular complexity index is 840. The third-order valence-corrected chi connectivity index (χ3v) is 11.7. The van der Waals surface area contributed by atoms with Crippen LogP contribution in [0.25, 0.3) is 0 Å². The van der Waals surface area contributed by atoms with E-state index in [2.05, 4.69) is 13.8 Å². The molecule has 0 bridgehead atoms. The molecule has 0 spiro atoms. The van der Waals surface area contributed by atoms with Crippen molar-refractivity contribution in [2.75, 3.05) is 49.7 Å². The Morgan fingerprint density at radius 1 is 0.692 bits per heavy atom. The van der Waals surface area contributed by atoms with Crippen LogP contribution in [0.5, 0.6) is 0 Å². The monoisotopic (exact) mass is 626 g/mol. The molecule has 2 amide bonds. The second-order valence-corrected chi connectivity index (χ2v) is 14.2. The first-order chi connectivity index (χ1) is 18.7. The van der Waals surface area contributed by atoms with E-state index in [-0.39, 0.29) is 35.2 Å². The second-order valence-electron chi connectivity index (χ2n) is 12.7. The summed E-state index contributed by atoms with van der Waals surface area (Å²) in [5.41, 5.74) is 0.292. The highest BCUT2D eigenvalue weighted by Crippen LogP contribution is 2.66. The van der Waals surface area contributed by atoms with E-state index in [1.807, 2.05) is 0 Å². The number of halogens is 4. The lowest BCUT2D eigenvalue weighted by Crippen LogP contribution is -2.55. The number of fused-ring (bicyclic) bond motifs is 5. The lowest BCUT2D eigenvalue weighted by molar-refractivity contribution is -0.136. The van der Waals surface area contributed by atoms with Crippen LogP contribution in [0.2, 0.25) is 0 Å². The van der Waals surface area contributed by atoms with Crippen LogP contribution >= 0.6 is 46.4 Å². The molecule has 4 aliphatic rings. The normalized spacial score (nSPS) is 37.3. The Morgan fingerprint density at radius 2 is 1.23 bits per heavy atom. The zero-order chi connectivity index (χ0) is 28.2. The number of carbonyl (C=O) groups excluding carboxylic acids is 2. The quantitative estimate of drug-likeness (QED) is 0.234. The molecule has 4 aliphatic carbocycles. The van der Waals surface area contributed by atoms with Gasteiger partial charge in [-0.15, -0.1) is 46.4 Å². The van der Waals surface area contributed by atoms with Gasteiger partial charge in [0.1, 0.15) is 12.2 Å². The third kappa shape index (κ3) is 6.54. The first-order valence-corrected chi connectivity index (χ1v) is 17.0. The summed E-state index contributed by atoms with van der Waals surface area (Å²) in [5, 5.41) is 0. The molecule has 0 unspecified atom stereocenters. The molecule has 0 aliphatic heterocycles. The molecule has 0 aromatic rings. The van der Waals surface area contributed by atoms with Crippen LogP contribution in [0, 0.1) is 34.5 Å². The number of hydrogen-bond acceptors (Lipinski definition) is 4. The van der Waals surface area contributed by atoms with E-state index in [1.165, 1.54) is 19.3 Å². The molecule has 0 aromatic heterocycles. The summed E-state index contributed by atoms with van der Waals surface area (Å²) in [4.78, 5) is 29.0. The summed E-state index contributed by atoms with van der Waals surface area (Å²) < 4.78 is 12.1. The highest BCUT2D eigenvalue weighted by atomic mass is 35.5. The highest BCUT2D eigenvalue weighted by molar-refractivity contribution is 6.19. The lowest BCUT2D eigenvalue weighted by atomic mass is 9.45. The van der Waals surface area contributed by atoms with Gasteiger partial charge in [-0.2, -0.15) is 0 Å². The first kappa shape index (κ1) is 31.6. The van der Waals surface area contributed by atoms with E-state index in [0.717, 1.165) is 38.5 Å². The Labute approximate surface area is 254 Å². The summed E-state index contributed by atoms with van der Waals surface area (Å²) in [6.07, 6.45) is 9.03. The second kappa shape index (κ2) is 13.8. The maximum atomic E-state index is 13.0. The number of nitrogens with zero attached hydrogens (tertiary/aromatic N) is 2. The fourth-order valence-corrected chi connectivity index (χ4v) is 9.70. The lowest BCUT2D eigenvalue weighted by Gasteiger charge is -2.60. The van der Waals surface area contributed by atoms with Gasteiger partial charge in [-0.05, 0) is 86.9 Å². The predicted molar refractivity (Wildman–Crippen MR) is 158 cm³/mol. The molecule has 224 valence electrons. The van der Waals surface area contributed by atoms with Gasteiger partial charge in [0, 0.05) is 55.1 Å². The van der Waals surface area contributed by atoms with Crippen molar-refractivity contribution < 1.29 is 19.1 Å². The molecule has 0 aromatic carbocycles. The van der Waals surface area contributed by atoms with Crippen LogP contribution in [0.15, 0.2) is 0 Å². The molecular formula is C29H46Cl4N2O4. The maximum absolute atomic E-state index is 13.0. The zero-order valence-corrected chi connectivity index (χ0v) is 26.5. The minimum atomic E-state index is -0.283. The van der Waals surface area contributed by atoms with E-state index in [0.29, 0.717) is 73.4 Å². The van der Waals surface area contributed by atoms with Crippen LogP contribution in [0.4, 0.5) is 9.59 Å². The van der Waals surface area contributed by atoms with Crippen molar-refractivity contribution in [1.29, 1.82) is 0 Å². The standard InChI is InChI=1S/C29H46Cl4N2O4/c1-28-9-7-21(38-26(36)34(15-11-30)16-12-31)19-20(28)3-4-22-23-5-6-25(29(23,2)10-8-24(22)28)39-27(37)35(17-13-32)18-14-33/h20-25H,3-19H2,1-2H3/t20-,21-,22+,23+,24+,25+,28+,29+/m1/s1. The number of amides is 2. The number of rotatable bonds is 10. The van der Waals surface area contributed by atoms with Gasteiger partial charge in [0.25, 0.3) is 0 Å². The molecule has 4 fully saturated rings. The Morgan fingerprint density at radius 3 is 1.82 bits per heavy atom. The minimum Gasteiger partial charge on any atom is -0.446 e. The smallest absolute Gasteiger partial charge is 0.410 e. The average Bonchev–Trinajstić information content (AvgIpc) is 3.24. The molecule has 0 radical (unpaired) electrons. The molecule has 0 N–H and O–H groups in total. The van der Waals surface area contributed by atoms with Gasteiger partial charge in [-0.3, -0.25) is 0 Å². The number of hydrogen-bond donors (Lipinski definition) is 0. The van der Waals surface area contributed by atoms with Crippen LogP contribution in [0.3, 0.4) is 0 Å². The summed E-state index contributed by atoms with van der Waals surface area (Å²) in [6, 6.07) is 0. The highest BCUT2D eigenvalue weighted by Gasteiger charge is 2.61. The van der Waals surface area contributed by atoms with Crippen LogP contribution in [0.1, 0.15) is 71.6 Å². The van der Waals surface area contributed by atoms with Gasteiger partial charge < -0.3 is 19.3 Å². The van der Waals surface area contributed by atoms with Gasteiger partial charge >= 0.3 is 12.2 Å². The molecule has 4 rings (SSSR count). The van der Waals surface area contributed by atoms with Crippen LogP contribution in [-0.2, 0) is 9.47 Å².